The Hall–Kier alpha value is -2.75. The van der Waals surface area contributed by atoms with Crippen molar-refractivity contribution in [3.8, 4) is 11.5 Å². The van der Waals surface area contributed by atoms with E-state index in [9.17, 15) is 4.79 Å². The number of hydrogen-bond acceptors (Lipinski definition) is 3. The molecule has 2 aromatic carbocycles. The highest BCUT2D eigenvalue weighted by Crippen LogP contribution is 2.13. The molecule has 4 nitrogen and oxygen atoms in total. The minimum atomic E-state index is -0.922. The van der Waals surface area contributed by atoms with E-state index in [-0.39, 0.29) is 11.5 Å². The van der Waals surface area contributed by atoms with E-state index in [4.69, 9.17) is 15.3 Å². The third-order valence-corrected chi connectivity index (χ3v) is 2.07. The minimum Gasteiger partial charge on any atom is -0.508 e. The summed E-state index contributed by atoms with van der Waals surface area (Å²) >= 11 is 0. The first-order chi connectivity index (χ1) is 9.08. The number of benzene rings is 2. The zero-order chi connectivity index (χ0) is 14.1. The molecular weight excluding hydrogens is 244 g/mol. The van der Waals surface area contributed by atoms with Crippen molar-refractivity contribution in [3.05, 3.63) is 66.2 Å². The molecular formula is C15H14O4. The van der Waals surface area contributed by atoms with Gasteiger partial charge < -0.3 is 15.3 Å². The molecule has 0 saturated carbocycles. The molecule has 3 N–H and O–H groups in total. The Morgan fingerprint density at radius 1 is 0.842 bits per heavy atom. The number of hydrogen-bond donors (Lipinski definition) is 3. The second-order valence-electron chi connectivity index (χ2n) is 3.60. The van der Waals surface area contributed by atoms with E-state index in [1.54, 1.807) is 6.08 Å². The van der Waals surface area contributed by atoms with Crippen LogP contribution in [-0.4, -0.2) is 21.3 Å². The molecule has 0 aliphatic carbocycles. The van der Waals surface area contributed by atoms with Gasteiger partial charge in [0.2, 0.25) is 0 Å². The number of phenols is 2. The quantitative estimate of drug-likeness (QED) is 0.571. The number of phenolic OH excluding ortho intramolecular Hbond substituents is 2. The zero-order valence-corrected chi connectivity index (χ0v) is 10.1. The standard InChI is InChI=1S/C9H8O2.C6H6O2/c10-9(11)7-6-8-4-2-1-3-5-8;7-5-1-2-6(8)4-3-5/h1-7H,(H,10,11);1-4,7-8H. The number of carboxylic acids is 1. The van der Waals surface area contributed by atoms with Crippen LogP contribution < -0.4 is 0 Å². The van der Waals surface area contributed by atoms with Crippen molar-refractivity contribution in [1.29, 1.82) is 0 Å². The Morgan fingerprint density at radius 3 is 1.74 bits per heavy atom. The largest absolute Gasteiger partial charge is 0.508 e. The normalized spacial score (nSPS) is 9.68. The smallest absolute Gasteiger partial charge is 0.328 e. The highest BCUT2D eigenvalue weighted by atomic mass is 16.4. The fourth-order valence-electron chi connectivity index (χ4n) is 1.18. The highest BCUT2D eigenvalue weighted by molar-refractivity contribution is 5.85. The second kappa shape index (κ2) is 7.55. The van der Waals surface area contributed by atoms with Crippen molar-refractivity contribution in [2.45, 2.75) is 0 Å². The molecule has 4 heteroatoms. The maximum Gasteiger partial charge on any atom is 0.328 e. The molecule has 2 aromatic rings. The van der Waals surface area contributed by atoms with Crippen LogP contribution in [0.25, 0.3) is 6.08 Å². The molecule has 0 aromatic heterocycles. The first-order valence-electron chi connectivity index (χ1n) is 5.52. The van der Waals surface area contributed by atoms with Gasteiger partial charge in [-0.1, -0.05) is 30.3 Å². The molecule has 0 spiro atoms. The third kappa shape index (κ3) is 6.53. The summed E-state index contributed by atoms with van der Waals surface area (Å²) in [5.74, 6) is -0.584. The van der Waals surface area contributed by atoms with Crippen molar-refractivity contribution in [2.75, 3.05) is 0 Å². The Balaban J connectivity index is 0.000000200. The lowest BCUT2D eigenvalue weighted by molar-refractivity contribution is -0.131. The van der Waals surface area contributed by atoms with Crippen molar-refractivity contribution in [3.63, 3.8) is 0 Å². The van der Waals surface area contributed by atoms with Crippen molar-refractivity contribution < 1.29 is 20.1 Å². The topological polar surface area (TPSA) is 77.8 Å². The number of carbonyl (C=O) groups is 1. The van der Waals surface area contributed by atoms with Crippen LogP contribution in [0.4, 0.5) is 0 Å². The van der Waals surface area contributed by atoms with E-state index in [1.807, 2.05) is 30.3 Å². The van der Waals surface area contributed by atoms with Crippen molar-refractivity contribution in [2.24, 2.45) is 0 Å². The molecule has 98 valence electrons. The summed E-state index contributed by atoms with van der Waals surface area (Å²) < 4.78 is 0. The van der Waals surface area contributed by atoms with Crippen molar-refractivity contribution in [1.82, 2.24) is 0 Å². The molecule has 0 aliphatic rings. The number of aliphatic carboxylic acids is 1. The van der Waals surface area contributed by atoms with Crippen LogP contribution in [0.5, 0.6) is 11.5 Å². The van der Waals surface area contributed by atoms with Gasteiger partial charge in [-0.25, -0.2) is 4.79 Å². The summed E-state index contributed by atoms with van der Waals surface area (Å²) in [6, 6.07) is 15.0. The monoisotopic (exact) mass is 258 g/mol. The van der Waals surface area contributed by atoms with Crippen LogP contribution in [0.2, 0.25) is 0 Å². The lowest BCUT2D eigenvalue weighted by Crippen LogP contribution is -1.85. The SMILES string of the molecule is O=C(O)C=Cc1ccccc1.Oc1ccc(O)cc1. The molecule has 0 unspecified atom stereocenters. The van der Waals surface area contributed by atoms with E-state index < -0.39 is 5.97 Å². The van der Waals surface area contributed by atoms with E-state index >= 15 is 0 Å². The first kappa shape index (κ1) is 14.3. The highest BCUT2D eigenvalue weighted by Gasteiger charge is 1.86. The fourth-order valence-corrected chi connectivity index (χ4v) is 1.18. The van der Waals surface area contributed by atoms with Crippen LogP contribution in [0, 0.1) is 0 Å². The summed E-state index contributed by atoms with van der Waals surface area (Å²) in [4.78, 5) is 10.1. The number of carboxylic acid groups (broad SMARTS) is 1. The lowest BCUT2D eigenvalue weighted by atomic mass is 10.2. The van der Waals surface area contributed by atoms with Gasteiger partial charge in [0.25, 0.3) is 0 Å². The first-order valence-corrected chi connectivity index (χ1v) is 5.52. The summed E-state index contributed by atoms with van der Waals surface area (Å²) in [7, 11) is 0. The molecule has 0 amide bonds. The zero-order valence-electron chi connectivity index (χ0n) is 10.1. The molecule has 0 bridgehead atoms. The van der Waals surface area contributed by atoms with Crippen molar-refractivity contribution >= 4 is 12.0 Å². The van der Waals surface area contributed by atoms with E-state index in [2.05, 4.69) is 0 Å². The second-order valence-corrected chi connectivity index (χ2v) is 3.60. The van der Waals surface area contributed by atoms with Gasteiger partial charge in [-0.15, -0.1) is 0 Å². The summed E-state index contributed by atoms with van der Waals surface area (Å²) in [5.41, 5.74) is 0.898. The molecule has 0 radical (unpaired) electrons. The van der Waals surface area contributed by atoms with Crippen LogP contribution >= 0.6 is 0 Å². The molecule has 19 heavy (non-hydrogen) atoms. The summed E-state index contributed by atoms with van der Waals surface area (Å²) in [5, 5.41) is 25.6. The molecule has 2 rings (SSSR count). The molecule has 0 heterocycles. The maximum atomic E-state index is 10.1. The molecule has 0 atom stereocenters. The van der Waals surface area contributed by atoms with Gasteiger partial charge >= 0.3 is 5.97 Å². The van der Waals surface area contributed by atoms with Crippen LogP contribution in [-0.2, 0) is 4.79 Å². The lowest BCUT2D eigenvalue weighted by Gasteiger charge is -1.88. The van der Waals surface area contributed by atoms with E-state index in [1.165, 1.54) is 24.3 Å². The minimum absolute atomic E-state index is 0.169. The van der Waals surface area contributed by atoms with Gasteiger partial charge in [0, 0.05) is 6.08 Å². The third-order valence-electron chi connectivity index (χ3n) is 2.07. The Bertz CT molecular complexity index is 509. The van der Waals surface area contributed by atoms with Gasteiger partial charge in [-0.3, -0.25) is 0 Å². The number of aromatic hydroxyl groups is 2. The van der Waals surface area contributed by atoms with E-state index in [0.29, 0.717) is 0 Å². The van der Waals surface area contributed by atoms with E-state index in [0.717, 1.165) is 11.6 Å². The predicted octanol–water partition coefficient (Wildman–Crippen LogP) is 2.88. The van der Waals surface area contributed by atoms with Gasteiger partial charge in [-0.2, -0.15) is 0 Å². The predicted molar refractivity (Wildman–Crippen MR) is 72.9 cm³/mol. The summed E-state index contributed by atoms with van der Waals surface area (Å²) in [6.45, 7) is 0. The van der Waals surface area contributed by atoms with Crippen LogP contribution in [0.15, 0.2) is 60.7 Å². The Labute approximate surface area is 110 Å². The van der Waals surface area contributed by atoms with Gasteiger partial charge in [-0.05, 0) is 35.9 Å². The fraction of sp³-hybridized carbons (Fsp3) is 0. The number of rotatable bonds is 2. The molecule has 0 aliphatic heterocycles. The van der Waals surface area contributed by atoms with Crippen LogP contribution in [0.3, 0.4) is 0 Å². The van der Waals surface area contributed by atoms with Gasteiger partial charge in [0.15, 0.2) is 0 Å². The van der Waals surface area contributed by atoms with Gasteiger partial charge in [0.1, 0.15) is 11.5 Å². The average molecular weight is 258 g/mol. The Kier molecular flexibility index (Phi) is 5.69. The van der Waals surface area contributed by atoms with Crippen LogP contribution in [0.1, 0.15) is 5.56 Å². The molecule has 0 saturated heterocycles. The average Bonchev–Trinajstić information content (AvgIpc) is 2.42. The summed E-state index contributed by atoms with van der Waals surface area (Å²) in [6.07, 6.45) is 2.68. The maximum absolute atomic E-state index is 10.1. The Morgan fingerprint density at radius 2 is 1.32 bits per heavy atom. The molecule has 0 fully saturated rings. The van der Waals surface area contributed by atoms with Gasteiger partial charge in [0.05, 0.1) is 0 Å².